The van der Waals surface area contributed by atoms with Crippen LogP contribution >= 0.6 is 11.3 Å². The molecule has 0 unspecified atom stereocenters. The lowest BCUT2D eigenvalue weighted by molar-refractivity contribution is -0.402. The number of nitrogens with zero attached hydrogens (tertiary/aromatic N) is 3. The maximum Gasteiger partial charge on any atom is 0.433 e. The summed E-state index contributed by atoms with van der Waals surface area (Å²) in [6.07, 6.45) is 4.83. The zero-order chi connectivity index (χ0) is 16.7. The summed E-state index contributed by atoms with van der Waals surface area (Å²) in [7, 11) is 0. The SMILES string of the molecule is O=c1c(=CC=Cc2ccc([N+](=O)[O-])o2)sc2nc3ccccc3n12. The normalized spacial score (nSPS) is 12.8. The van der Waals surface area contributed by atoms with Crippen molar-refractivity contribution >= 4 is 45.4 Å². The molecule has 1 aromatic carbocycles. The first-order chi connectivity index (χ1) is 11.6. The van der Waals surface area contributed by atoms with E-state index in [9.17, 15) is 14.9 Å². The van der Waals surface area contributed by atoms with Gasteiger partial charge in [0.05, 0.1) is 21.6 Å². The molecule has 0 amide bonds. The number of rotatable bonds is 3. The van der Waals surface area contributed by atoms with Crippen LogP contribution in [0, 0.1) is 10.1 Å². The smallest absolute Gasteiger partial charge is 0.401 e. The highest BCUT2D eigenvalue weighted by Gasteiger charge is 2.11. The Labute approximate surface area is 137 Å². The van der Waals surface area contributed by atoms with E-state index in [1.165, 1.54) is 23.5 Å². The Bertz CT molecular complexity index is 1220. The molecular weight excluding hydrogens is 330 g/mol. The number of aromatic nitrogens is 2. The number of para-hydroxylation sites is 2. The first kappa shape index (κ1) is 14.3. The van der Waals surface area contributed by atoms with Crippen LogP contribution in [0.3, 0.4) is 0 Å². The van der Waals surface area contributed by atoms with Crippen molar-refractivity contribution in [2.24, 2.45) is 0 Å². The number of furan rings is 1. The zero-order valence-electron chi connectivity index (χ0n) is 12.1. The largest absolute Gasteiger partial charge is 0.433 e. The lowest BCUT2D eigenvalue weighted by Gasteiger charge is -1.86. The third-order valence-corrected chi connectivity index (χ3v) is 4.43. The predicted octanol–water partition coefficient (Wildman–Crippen LogP) is 2.62. The second kappa shape index (κ2) is 5.43. The number of nitro groups is 1. The fraction of sp³-hybridized carbons (Fsp3) is 0. The van der Waals surface area contributed by atoms with E-state index in [0.717, 1.165) is 11.0 Å². The summed E-state index contributed by atoms with van der Waals surface area (Å²) in [5.74, 6) is 0.0254. The highest BCUT2D eigenvalue weighted by molar-refractivity contribution is 7.15. The lowest BCUT2D eigenvalue weighted by atomic mass is 10.3. The van der Waals surface area contributed by atoms with Gasteiger partial charge in [-0.15, -0.1) is 0 Å². The van der Waals surface area contributed by atoms with Crippen molar-refractivity contribution in [3.05, 3.63) is 73.2 Å². The van der Waals surface area contributed by atoms with Gasteiger partial charge in [0.25, 0.3) is 5.56 Å². The van der Waals surface area contributed by atoms with Crippen molar-refractivity contribution in [1.29, 1.82) is 0 Å². The van der Waals surface area contributed by atoms with E-state index in [1.54, 1.807) is 22.6 Å². The van der Waals surface area contributed by atoms with Crippen LogP contribution in [-0.4, -0.2) is 14.3 Å². The van der Waals surface area contributed by atoms with Crippen LogP contribution in [0.2, 0.25) is 0 Å². The molecule has 0 aliphatic heterocycles. The van der Waals surface area contributed by atoms with E-state index in [1.807, 2.05) is 24.3 Å². The van der Waals surface area contributed by atoms with Crippen LogP contribution in [0.25, 0.3) is 28.1 Å². The minimum atomic E-state index is -0.601. The van der Waals surface area contributed by atoms with Gasteiger partial charge in [-0.25, -0.2) is 9.38 Å². The van der Waals surface area contributed by atoms with E-state index in [2.05, 4.69) is 4.98 Å². The summed E-state index contributed by atoms with van der Waals surface area (Å²) < 4.78 is 7.13. The van der Waals surface area contributed by atoms with Crippen LogP contribution in [0.1, 0.15) is 5.76 Å². The maximum absolute atomic E-state index is 12.5. The number of hydrogen-bond acceptors (Lipinski definition) is 6. The molecule has 0 saturated heterocycles. The van der Waals surface area contributed by atoms with E-state index in [-0.39, 0.29) is 11.4 Å². The third kappa shape index (κ3) is 2.29. The molecule has 4 aromatic rings. The number of allylic oxidation sites excluding steroid dienone is 1. The molecule has 118 valence electrons. The van der Waals surface area contributed by atoms with Crippen molar-refractivity contribution < 1.29 is 9.34 Å². The molecule has 24 heavy (non-hydrogen) atoms. The van der Waals surface area contributed by atoms with Crippen LogP contribution in [0.5, 0.6) is 0 Å². The molecule has 0 atom stereocenters. The van der Waals surface area contributed by atoms with Gasteiger partial charge in [-0.3, -0.25) is 14.9 Å². The van der Waals surface area contributed by atoms with Crippen molar-refractivity contribution in [1.82, 2.24) is 9.38 Å². The van der Waals surface area contributed by atoms with Crippen molar-refractivity contribution in [2.45, 2.75) is 0 Å². The predicted molar refractivity (Wildman–Crippen MR) is 90.9 cm³/mol. The first-order valence-corrected chi connectivity index (χ1v) is 7.78. The Morgan fingerprint density at radius 3 is 2.88 bits per heavy atom. The Hall–Kier alpha value is -3.26. The number of benzene rings is 1. The molecule has 0 aliphatic carbocycles. The fourth-order valence-electron chi connectivity index (χ4n) is 2.39. The average molecular weight is 339 g/mol. The zero-order valence-corrected chi connectivity index (χ0v) is 12.9. The minimum Gasteiger partial charge on any atom is -0.401 e. The topological polar surface area (TPSA) is 90.6 Å². The van der Waals surface area contributed by atoms with Crippen LogP contribution in [-0.2, 0) is 0 Å². The summed E-state index contributed by atoms with van der Waals surface area (Å²) in [5.41, 5.74) is 1.42. The molecule has 0 saturated carbocycles. The van der Waals surface area contributed by atoms with E-state index in [0.29, 0.717) is 15.3 Å². The van der Waals surface area contributed by atoms with E-state index >= 15 is 0 Å². The second-order valence-corrected chi connectivity index (χ2v) is 5.96. The first-order valence-electron chi connectivity index (χ1n) is 6.96. The minimum absolute atomic E-state index is 0.140. The van der Waals surface area contributed by atoms with E-state index < -0.39 is 4.92 Å². The number of hydrogen-bond donors (Lipinski definition) is 0. The van der Waals surface area contributed by atoms with Gasteiger partial charge in [0, 0.05) is 0 Å². The monoisotopic (exact) mass is 339 g/mol. The van der Waals surface area contributed by atoms with Gasteiger partial charge in [0.15, 0.2) is 4.96 Å². The van der Waals surface area contributed by atoms with Crippen molar-refractivity contribution in [3.8, 4) is 0 Å². The Morgan fingerprint density at radius 2 is 2.08 bits per heavy atom. The molecule has 4 rings (SSSR count). The highest BCUT2D eigenvalue weighted by Crippen LogP contribution is 2.17. The second-order valence-electron chi connectivity index (χ2n) is 4.95. The Morgan fingerprint density at radius 1 is 1.25 bits per heavy atom. The Balaban J connectivity index is 1.74. The third-order valence-electron chi connectivity index (χ3n) is 3.45. The molecule has 0 N–H and O–H groups in total. The molecule has 3 heterocycles. The molecular formula is C16H9N3O4S. The van der Waals surface area contributed by atoms with Gasteiger partial charge in [-0.05, 0) is 30.4 Å². The molecule has 0 fully saturated rings. The summed E-state index contributed by atoms with van der Waals surface area (Å²) in [4.78, 5) is 27.5. The number of fused-ring (bicyclic) bond motifs is 3. The summed E-state index contributed by atoms with van der Waals surface area (Å²) in [6, 6.07) is 10.2. The number of thiazole rings is 1. The molecule has 0 bridgehead atoms. The number of imidazole rings is 1. The van der Waals surface area contributed by atoms with Crippen LogP contribution in [0.4, 0.5) is 5.88 Å². The van der Waals surface area contributed by atoms with Gasteiger partial charge >= 0.3 is 5.88 Å². The summed E-state index contributed by atoms with van der Waals surface area (Å²) >= 11 is 1.29. The van der Waals surface area contributed by atoms with Gasteiger partial charge in [-0.2, -0.15) is 0 Å². The van der Waals surface area contributed by atoms with Crippen LogP contribution in [0.15, 0.2) is 51.7 Å². The van der Waals surface area contributed by atoms with Crippen LogP contribution < -0.4 is 10.1 Å². The fourth-order valence-corrected chi connectivity index (χ4v) is 3.32. The lowest BCUT2D eigenvalue weighted by Crippen LogP contribution is -2.22. The van der Waals surface area contributed by atoms with Crippen molar-refractivity contribution in [3.63, 3.8) is 0 Å². The summed E-state index contributed by atoms with van der Waals surface area (Å²) in [6.45, 7) is 0. The average Bonchev–Trinajstić information content (AvgIpc) is 3.23. The molecule has 3 aromatic heterocycles. The van der Waals surface area contributed by atoms with Gasteiger partial charge < -0.3 is 4.42 Å². The molecule has 0 spiro atoms. The summed E-state index contributed by atoms with van der Waals surface area (Å²) in [5, 5.41) is 10.6. The van der Waals surface area contributed by atoms with Crippen molar-refractivity contribution in [2.75, 3.05) is 0 Å². The van der Waals surface area contributed by atoms with E-state index in [4.69, 9.17) is 4.42 Å². The Kier molecular flexibility index (Phi) is 3.24. The maximum atomic E-state index is 12.5. The molecule has 7 nitrogen and oxygen atoms in total. The van der Waals surface area contributed by atoms with Gasteiger partial charge in [0.2, 0.25) is 0 Å². The molecule has 0 aliphatic rings. The molecule has 0 radical (unpaired) electrons. The molecule has 8 heteroatoms. The standard InChI is InChI=1S/C16H9N3O4S/c20-15-13(7-3-4-10-8-9-14(23-10)19(21)22)24-16-17-11-5-1-2-6-12(11)18(15)16/h1-9H. The quantitative estimate of drug-likeness (QED) is 0.423. The van der Waals surface area contributed by atoms with Gasteiger partial charge in [-0.1, -0.05) is 29.5 Å². The van der Waals surface area contributed by atoms with Gasteiger partial charge in [0.1, 0.15) is 10.7 Å². The highest BCUT2D eigenvalue weighted by atomic mass is 32.1.